The molecule has 2 fully saturated rings. The average Bonchev–Trinajstić information content (AvgIpc) is 3.00. The van der Waals surface area contributed by atoms with Crippen molar-refractivity contribution in [2.24, 2.45) is 0 Å². The summed E-state index contributed by atoms with van der Waals surface area (Å²) in [4.78, 5) is 6.89. The Bertz CT molecular complexity index is 614. The number of hydrogen-bond donors (Lipinski definition) is 1. The average molecular weight is 287 g/mol. The van der Waals surface area contributed by atoms with Crippen LogP contribution in [0.15, 0.2) is 18.5 Å². The largest absolute Gasteiger partial charge is 0.378 e. The van der Waals surface area contributed by atoms with Gasteiger partial charge in [0.15, 0.2) is 5.65 Å². The van der Waals surface area contributed by atoms with Gasteiger partial charge in [0.1, 0.15) is 5.69 Å². The van der Waals surface area contributed by atoms with E-state index in [4.69, 9.17) is 4.74 Å². The number of hydrogen-bond acceptors (Lipinski definition) is 5. The second kappa shape index (κ2) is 5.61. The summed E-state index contributed by atoms with van der Waals surface area (Å²) in [6.45, 7) is 5.55. The molecule has 1 N–H and O–H groups in total. The number of nitrogens with one attached hydrogen (secondary N) is 1. The van der Waals surface area contributed by atoms with Gasteiger partial charge in [0, 0.05) is 31.7 Å². The minimum absolute atomic E-state index is 0.529. The fraction of sp³-hybridized carbons (Fsp3) is 0.600. The predicted molar refractivity (Wildman–Crippen MR) is 80.9 cm³/mol. The molecule has 0 aromatic carbocycles. The van der Waals surface area contributed by atoms with E-state index >= 15 is 0 Å². The van der Waals surface area contributed by atoms with Gasteiger partial charge in [-0.05, 0) is 25.5 Å². The third-order valence-electron chi connectivity index (χ3n) is 4.48. The van der Waals surface area contributed by atoms with Crippen molar-refractivity contribution in [2.45, 2.75) is 18.8 Å². The maximum atomic E-state index is 5.43. The molecule has 0 saturated carbocycles. The Hall–Kier alpha value is -1.66. The van der Waals surface area contributed by atoms with E-state index in [0.29, 0.717) is 5.92 Å². The molecule has 0 amide bonds. The van der Waals surface area contributed by atoms with E-state index in [1.807, 2.05) is 16.9 Å². The van der Waals surface area contributed by atoms with Crippen LogP contribution in [0.25, 0.3) is 5.65 Å². The van der Waals surface area contributed by atoms with Crippen molar-refractivity contribution in [1.29, 1.82) is 0 Å². The number of anilines is 1. The SMILES string of the molecule is c1cc(C2CCCNC2)n2ncc(N3CCOCC3)c2n1. The summed E-state index contributed by atoms with van der Waals surface area (Å²) in [5.41, 5.74) is 3.37. The first-order valence-electron chi connectivity index (χ1n) is 7.79. The van der Waals surface area contributed by atoms with Gasteiger partial charge in [0.05, 0.1) is 25.1 Å². The molecule has 2 aromatic heterocycles. The van der Waals surface area contributed by atoms with Crippen molar-refractivity contribution in [3.63, 3.8) is 0 Å². The zero-order chi connectivity index (χ0) is 14.1. The van der Waals surface area contributed by atoms with Gasteiger partial charge < -0.3 is 15.0 Å². The van der Waals surface area contributed by atoms with Gasteiger partial charge in [-0.3, -0.25) is 0 Å². The van der Waals surface area contributed by atoms with Crippen LogP contribution >= 0.6 is 0 Å². The number of nitrogens with zero attached hydrogens (tertiary/aromatic N) is 4. The van der Waals surface area contributed by atoms with Crippen LogP contribution in [-0.4, -0.2) is 54.0 Å². The van der Waals surface area contributed by atoms with Crippen molar-refractivity contribution in [3.05, 3.63) is 24.2 Å². The molecule has 0 bridgehead atoms. The molecule has 2 aliphatic rings. The number of rotatable bonds is 2. The van der Waals surface area contributed by atoms with Crippen LogP contribution in [0.3, 0.4) is 0 Å². The van der Waals surface area contributed by atoms with E-state index in [2.05, 4.69) is 26.4 Å². The first-order chi connectivity index (χ1) is 10.4. The third-order valence-corrected chi connectivity index (χ3v) is 4.48. The van der Waals surface area contributed by atoms with Gasteiger partial charge >= 0.3 is 0 Å². The Morgan fingerprint density at radius 1 is 1.29 bits per heavy atom. The smallest absolute Gasteiger partial charge is 0.178 e. The highest BCUT2D eigenvalue weighted by Gasteiger charge is 2.21. The summed E-state index contributed by atoms with van der Waals surface area (Å²) in [6, 6.07) is 2.11. The van der Waals surface area contributed by atoms with Gasteiger partial charge in [-0.2, -0.15) is 5.10 Å². The summed E-state index contributed by atoms with van der Waals surface area (Å²) in [7, 11) is 0. The summed E-state index contributed by atoms with van der Waals surface area (Å²) >= 11 is 0. The van der Waals surface area contributed by atoms with E-state index < -0.39 is 0 Å². The highest BCUT2D eigenvalue weighted by molar-refractivity contribution is 5.68. The van der Waals surface area contributed by atoms with Crippen LogP contribution in [0.1, 0.15) is 24.5 Å². The minimum atomic E-state index is 0.529. The highest BCUT2D eigenvalue weighted by Crippen LogP contribution is 2.27. The Kier molecular flexibility index (Phi) is 3.48. The van der Waals surface area contributed by atoms with Gasteiger partial charge in [-0.1, -0.05) is 0 Å². The first kappa shape index (κ1) is 13.0. The molecule has 4 rings (SSSR count). The maximum absolute atomic E-state index is 5.43. The summed E-state index contributed by atoms with van der Waals surface area (Å²) < 4.78 is 7.46. The lowest BCUT2D eigenvalue weighted by Crippen LogP contribution is -2.36. The fourth-order valence-electron chi connectivity index (χ4n) is 3.34. The molecule has 1 unspecified atom stereocenters. The second-order valence-electron chi connectivity index (χ2n) is 5.78. The van der Waals surface area contributed by atoms with E-state index in [-0.39, 0.29) is 0 Å². The molecule has 2 aliphatic heterocycles. The van der Waals surface area contributed by atoms with E-state index in [1.54, 1.807) is 0 Å². The van der Waals surface area contributed by atoms with Crippen LogP contribution in [0, 0.1) is 0 Å². The zero-order valence-electron chi connectivity index (χ0n) is 12.2. The zero-order valence-corrected chi connectivity index (χ0v) is 12.2. The third kappa shape index (κ3) is 2.38. The molecule has 1 atom stereocenters. The predicted octanol–water partition coefficient (Wildman–Crippen LogP) is 1.03. The lowest BCUT2D eigenvalue weighted by molar-refractivity contribution is 0.123. The molecule has 6 nitrogen and oxygen atoms in total. The summed E-state index contributed by atoms with van der Waals surface area (Å²) in [5, 5.41) is 8.09. The summed E-state index contributed by atoms with van der Waals surface area (Å²) in [6.07, 6.45) is 6.32. The fourth-order valence-corrected chi connectivity index (χ4v) is 3.34. The summed E-state index contributed by atoms with van der Waals surface area (Å²) in [5.74, 6) is 0.529. The Balaban J connectivity index is 1.71. The standard InChI is InChI=1S/C15H21N5O/c1-2-12(10-16-4-1)13-3-5-17-15-14(11-18-20(13)15)19-6-8-21-9-7-19/h3,5,11-12,16H,1-2,4,6-10H2. The van der Waals surface area contributed by atoms with Crippen LogP contribution in [-0.2, 0) is 4.74 Å². The lowest BCUT2D eigenvalue weighted by Gasteiger charge is -2.27. The molecule has 2 saturated heterocycles. The molecule has 0 spiro atoms. The number of ether oxygens (including phenoxy) is 1. The molecule has 6 heteroatoms. The Morgan fingerprint density at radius 2 is 2.19 bits per heavy atom. The van der Waals surface area contributed by atoms with E-state index in [1.165, 1.54) is 18.5 Å². The monoisotopic (exact) mass is 287 g/mol. The topological polar surface area (TPSA) is 54.7 Å². The first-order valence-corrected chi connectivity index (χ1v) is 7.79. The van der Waals surface area contributed by atoms with Crippen molar-refractivity contribution in [1.82, 2.24) is 19.9 Å². The quantitative estimate of drug-likeness (QED) is 0.894. The lowest BCUT2D eigenvalue weighted by atomic mass is 9.96. The Labute approximate surface area is 124 Å². The van der Waals surface area contributed by atoms with Crippen molar-refractivity contribution in [2.75, 3.05) is 44.3 Å². The van der Waals surface area contributed by atoms with Gasteiger partial charge in [-0.15, -0.1) is 0 Å². The van der Waals surface area contributed by atoms with Crippen LogP contribution < -0.4 is 10.2 Å². The van der Waals surface area contributed by atoms with Crippen LogP contribution in [0.4, 0.5) is 5.69 Å². The van der Waals surface area contributed by atoms with Crippen LogP contribution in [0.2, 0.25) is 0 Å². The van der Waals surface area contributed by atoms with Crippen molar-refractivity contribution in [3.8, 4) is 0 Å². The van der Waals surface area contributed by atoms with Crippen LogP contribution in [0.5, 0.6) is 0 Å². The van der Waals surface area contributed by atoms with E-state index in [0.717, 1.165) is 50.7 Å². The normalized spacial score (nSPS) is 23.6. The molecular formula is C15H21N5O. The number of aromatic nitrogens is 3. The maximum Gasteiger partial charge on any atom is 0.178 e. The molecule has 21 heavy (non-hydrogen) atoms. The van der Waals surface area contributed by atoms with Gasteiger partial charge in [0.2, 0.25) is 0 Å². The van der Waals surface area contributed by atoms with Gasteiger partial charge in [0.25, 0.3) is 0 Å². The van der Waals surface area contributed by atoms with Crippen molar-refractivity contribution < 1.29 is 4.74 Å². The molecule has 2 aromatic rings. The second-order valence-corrected chi connectivity index (χ2v) is 5.78. The number of piperidine rings is 1. The number of fused-ring (bicyclic) bond motifs is 1. The number of morpholine rings is 1. The molecule has 4 heterocycles. The molecule has 0 radical (unpaired) electrons. The van der Waals surface area contributed by atoms with Crippen molar-refractivity contribution >= 4 is 11.3 Å². The Morgan fingerprint density at radius 3 is 3.00 bits per heavy atom. The van der Waals surface area contributed by atoms with E-state index in [9.17, 15) is 0 Å². The minimum Gasteiger partial charge on any atom is -0.378 e. The molecule has 112 valence electrons. The highest BCUT2D eigenvalue weighted by atomic mass is 16.5. The molecule has 0 aliphatic carbocycles. The van der Waals surface area contributed by atoms with Gasteiger partial charge in [-0.25, -0.2) is 9.50 Å². The molecular weight excluding hydrogens is 266 g/mol.